The van der Waals surface area contributed by atoms with Gasteiger partial charge in [0.25, 0.3) is 0 Å². The second-order valence-electron chi connectivity index (χ2n) is 8.45. The van der Waals surface area contributed by atoms with E-state index in [1.165, 1.54) is 4.90 Å². The van der Waals surface area contributed by atoms with Gasteiger partial charge in [0.1, 0.15) is 49.0 Å². The molecule has 1 rings (SSSR count). The molecule has 0 radical (unpaired) electrons. The maximum absolute atomic E-state index is 10.4. The highest BCUT2D eigenvalue weighted by atomic mass is 35.5. The molecular formula is C22H40ClNO11S2. The minimum atomic E-state index is -1.86. The zero-order valence-corrected chi connectivity index (χ0v) is 22.7. The maximum Gasteiger partial charge on any atom is 0.119 e. The van der Waals surface area contributed by atoms with E-state index in [-0.39, 0.29) is 38.6 Å². The summed E-state index contributed by atoms with van der Waals surface area (Å²) in [6, 6.07) is 5.37. The third-order valence-electron chi connectivity index (χ3n) is 5.74. The Labute approximate surface area is 233 Å². The van der Waals surface area contributed by atoms with E-state index in [9.17, 15) is 40.9 Å². The van der Waals surface area contributed by atoms with Crippen LogP contribution < -0.4 is 4.74 Å². The van der Waals surface area contributed by atoms with Crippen LogP contribution in [0.3, 0.4) is 0 Å². The summed E-state index contributed by atoms with van der Waals surface area (Å²) in [5, 5.41) is 97.7. The number of benzene rings is 1. The van der Waals surface area contributed by atoms with Gasteiger partial charge < -0.3 is 55.8 Å². The van der Waals surface area contributed by atoms with E-state index in [0.717, 1.165) is 11.1 Å². The number of aliphatic hydroxyl groups is 10. The molecular weight excluding hydrogens is 554 g/mol. The molecule has 0 heterocycles. The van der Waals surface area contributed by atoms with Gasteiger partial charge in [-0.25, -0.2) is 0 Å². The SMILES string of the molecule is Cl.OCC(O)C(O)C(O)C(O)CN(CCOc1ccc(CS)c(CS)c1)CC(O)C(O)C(O)C(O)CO. The summed E-state index contributed by atoms with van der Waals surface area (Å²) in [4.78, 5) is 1.36. The molecule has 1 aromatic carbocycles. The Morgan fingerprint density at radius 2 is 1.11 bits per heavy atom. The van der Waals surface area contributed by atoms with E-state index in [1.54, 1.807) is 12.1 Å². The average molecular weight is 594 g/mol. The molecule has 0 saturated heterocycles. The van der Waals surface area contributed by atoms with Crippen molar-refractivity contribution in [3.05, 3.63) is 29.3 Å². The largest absolute Gasteiger partial charge is 0.492 e. The second-order valence-corrected chi connectivity index (χ2v) is 9.08. The van der Waals surface area contributed by atoms with Crippen molar-refractivity contribution in [3.8, 4) is 5.75 Å². The first-order valence-electron chi connectivity index (χ1n) is 11.4. The third kappa shape index (κ3) is 11.7. The van der Waals surface area contributed by atoms with Crippen molar-refractivity contribution in [2.75, 3.05) is 39.5 Å². The van der Waals surface area contributed by atoms with Crippen LogP contribution in [0, 0.1) is 0 Å². The normalized spacial score (nSPS) is 18.3. The number of thiol groups is 2. The van der Waals surface area contributed by atoms with E-state index in [2.05, 4.69) is 25.3 Å². The van der Waals surface area contributed by atoms with Gasteiger partial charge in [0.2, 0.25) is 0 Å². The van der Waals surface area contributed by atoms with Crippen molar-refractivity contribution in [2.45, 2.75) is 60.3 Å². The Balaban J connectivity index is 0.0000130. The molecule has 0 aliphatic rings. The molecule has 37 heavy (non-hydrogen) atoms. The van der Waals surface area contributed by atoms with E-state index in [4.69, 9.17) is 14.9 Å². The standard InChI is InChI=1S/C22H39NO11S2.ClH/c24-8-17(28)21(32)19(30)15(26)6-23(7-16(27)20(31)22(33)18(29)9-25)3-4-34-14-2-1-12(10-35)13(5-14)11-36;/h1-2,5,15-22,24-33,35-36H,3-4,6-11H2;1H. The van der Waals surface area contributed by atoms with E-state index in [1.807, 2.05) is 6.07 Å². The van der Waals surface area contributed by atoms with Crippen LogP contribution >= 0.6 is 37.7 Å². The van der Waals surface area contributed by atoms with Gasteiger partial charge in [-0.05, 0) is 23.3 Å². The quantitative estimate of drug-likeness (QED) is 0.0748. The number of halogens is 1. The molecule has 8 atom stereocenters. The van der Waals surface area contributed by atoms with Crippen molar-refractivity contribution >= 4 is 37.7 Å². The predicted molar refractivity (Wildman–Crippen MR) is 143 cm³/mol. The van der Waals surface area contributed by atoms with E-state index >= 15 is 0 Å². The molecule has 218 valence electrons. The van der Waals surface area contributed by atoms with Gasteiger partial charge in [0.15, 0.2) is 0 Å². The second kappa shape index (κ2) is 18.8. The van der Waals surface area contributed by atoms with Gasteiger partial charge in [-0.1, -0.05) is 6.07 Å². The van der Waals surface area contributed by atoms with Crippen LogP contribution in [0.25, 0.3) is 0 Å². The number of nitrogens with zero attached hydrogens (tertiary/aromatic N) is 1. The van der Waals surface area contributed by atoms with Crippen molar-refractivity contribution in [2.24, 2.45) is 0 Å². The van der Waals surface area contributed by atoms with Gasteiger partial charge in [-0.2, -0.15) is 25.3 Å². The first kappa shape index (κ1) is 36.6. The summed E-state index contributed by atoms with van der Waals surface area (Å²) in [6.07, 6.45) is -14.1. The van der Waals surface area contributed by atoms with Crippen molar-refractivity contribution in [1.29, 1.82) is 0 Å². The van der Waals surface area contributed by atoms with Crippen molar-refractivity contribution < 1.29 is 55.8 Å². The van der Waals surface area contributed by atoms with E-state index < -0.39 is 62.0 Å². The van der Waals surface area contributed by atoms with Crippen molar-refractivity contribution in [1.82, 2.24) is 4.90 Å². The molecule has 0 saturated carbocycles. The fourth-order valence-electron chi connectivity index (χ4n) is 3.41. The summed E-state index contributed by atoms with van der Waals surface area (Å²) in [5.74, 6) is 1.52. The summed E-state index contributed by atoms with van der Waals surface area (Å²) >= 11 is 8.55. The predicted octanol–water partition coefficient (Wildman–Crippen LogP) is -3.48. The average Bonchev–Trinajstić information content (AvgIpc) is 2.89. The monoisotopic (exact) mass is 593 g/mol. The minimum absolute atomic E-state index is 0. The number of rotatable bonds is 18. The summed E-state index contributed by atoms with van der Waals surface area (Å²) in [5.41, 5.74) is 1.91. The molecule has 8 unspecified atom stereocenters. The molecule has 0 aliphatic heterocycles. The smallest absolute Gasteiger partial charge is 0.119 e. The van der Waals surface area contributed by atoms with Gasteiger partial charge in [0, 0.05) is 31.1 Å². The lowest BCUT2D eigenvalue weighted by Gasteiger charge is -2.33. The number of hydrogen-bond donors (Lipinski definition) is 12. The van der Waals surface area contributed by atoms with Crippen LogP contribution in [-0.4, -0.2) is 144 Å². The summed E-state index contributed by atoms with van der Waals surface area (Å²) in [6.45, 7) is -2.38. The third-order valence-corrected chi connectivity index (χ3v) is 6.42. The first-order valence-corrected chi connectivity index (χ1v) is 12.6. The molecule has 0 aliphatic carbocycles. The summed E-state index contributed by atoms with van der Waals surface area (Å²) < 4.78 is 5.74. The highest BCUT2D eigenvalue weighted by molar-refractivity contribution is 7.79. The molecule has 0 fully saturated rings. The number of hydrogen-bond acceptors (Lipinski definition) is 14. The molecule has 0 amide bonds. The zero-order chi connectivity index (χ0) is 27.4. The first-order chi connectivity index (χ1) is 17.0. The van der Waals surface area contributed by atoms with E-state index in [0.29, 0.717) is 17.3 Å². The lowest BCUT2D eigenvalue weighted by Crippen LogP contribution is -2.53. The van der Waals surface area contributed by atoms with Crippen LogP contribution in [-0.2, 0) is 11.5 Å². The Morgan fingerprint density at radius 3 is 1.51 bits per heavy atom. The van der Waals surface area contributed by atoms with Crippen LogP contribution in [0.15, 0.2) is 18.2 Å². The Morgan fingerprint density at radius 1 is 0.676 bits per heavy atom. The number of ether oxygens (including phenoxy) is 1. The van der Waals surface area contributed by atoms with Crippen molar-refractivity contribution in [3.63, 3.8) is 0 Å². The maximum atomic E-state index is 10.4. The fraction of sp³-hybridized carbons (Fsp3) is 0.727. The van der Waals surface area contributed by atoms with Crippen LogP contribution in [0.2, 0.25) is 0 Å². The topological polar surface area (TPSA) is 215 Å². The fourth-order valence-corrected chi connectivity index (χ4v) is 4.02. The Hall–Kier alpha value is -0.430. The molecule has 1 aromatic rings. The molecule has 0 bridgehead atoms. The molecule has 0 aromatic heterocycles. The Bertz CT molecular complexity index is 727. The highest BCUT2D eigenvalue weighted by Crippen LogP contribution is 2.21. The van der Waals surface area contributed by atoms with Crippen LogP contribution in [0.4, 0.5) is 0 Å². The number of aliphatic hydroxyl groups excluding tert-OH is 10. The molecule has 0 spiro atoms. The lowest BCUT2D eigenvalue weighted by atomic mass is 10.0. The van der Waals surface area contributed by atoms with Crippen LogP contribution in [0.1, 0.15) is 11.1 Å². The molecule has 10 N–H and O–H groups in total. The Kier molecular flexibility index (Phi) is 18.6. The van der Waals surface area contributed by atoms with Gasteiger partial charge in [0.05, 0.1) is 25.4 Å². The van der Waals surface area contributed by atoms with Gasteiger partial charge in [-0.3, -0.25) is 4.90 Å². The minimum Gasteiger partial charge on any atom is -0.492 e. The van der Waals surface area contributed by atoms with Crippen LogP contribution in [0.5, 0.6) is 5.75 Å². The molecule has 12 nitrogen and oxygen atoms in total. The lowest BCUT2D eigenvalue weighted by molar-refractivity contribution is -0.130. The van der Waals surface area contributed by atoms with Gasteiger partial charge >= 0.3 is 0 Å². The molecule has 15 heteroatoms. The summed E-state index contributed by atoms with van der Waals surface area (Å²) in [7, 11) is 0. The highest BCUT2D eigenvalue weighted by Gasteiger charge is 2.34. The zero-order valence-electron chi connectivity index (χ0n) is 20.1. The van der Waals surface area contributed by atoms with Gasteiger partial charge in [-0.15, -0.1) is 12.4 Å².